The van der Waals surface area contributed by atoms with Crippen LogP contribution in [0.15, 0.2) is 23.2 Å². The summed E-state index contributed by atoms with van der Waals surface area (Å²) in [5.41, 5.74) is 0.261. The lowest BCUT2D eigenvalue weighted by Crippen LogP contribution is -2.43. The maximum atomic E-state index is 11.9. The second-order valence-electron chi connectivity index (χ2n) is 4.07. The van der Waals surface area contributed by atoms with E-state index in [2.05, 4.69) is 46.8 Å². The highest BCUT2D eigenvalue weighted by molar-refractivity contribution is 9.10. The molecule has 0 saturated carbocycles. The molecule has 0 radical (unpaired) electrons. The topological polar surface area (TPSA) is 97.6 Å². The van der Waals surface area contributed by atoms with Gasteiger partial charge in [-0.2, -0.15) is 0 Å². The number of hydrogen-bond acceptors (Lipinski definition) is 6. The molecule has 0 bridgehead atoms. The van der Waals surface area contributed by atoms with Crippen LogP contribution in [0, 0.1) is 0 Å². The first-order valence-electron chi connectivity index (χ1n) is 5.64. The highest BCUT2D eigenvalue weighted by Gasteiger charge is 2.21. The van der Waals surface area contributed by atoms with Crippen molar-refractivity contribution in [2.24, 2.45) is 0 Å². The average Bonchev–Trinajstić information content (AvgIpc) is 2.79. The summed E-state index contributed by atoms with van der Waals surface area (Å²) in [6.45, 7) is 1.70. The van der Waals surface area contributed by atoms with Crippen molar-refractivity contribution in [2.45, 2.75) is 6.04 Å². The summed E-state index contributed by atoms with van der Waals surface area (Å²) in [7, 11) is 0. The van der Waals surface area contributed by atoms with Gasteiger partial charge in [-0.1, -0.05) is 5.21 Å². The number of rotatable bonds is 3. The number of carbonyl (C=O) groups excluding carboxylic acids is 1. The van der Waals surface area contributed by atoms with Gasteiger partial charge in [0.25, 0.3) is 5.91 Å². The zero-order valence-electron chi connectivity index (χ0n) is 9.75. The van der Waals surface area contributed by atoms with Crippen LogP contribution in [0.5, 0.6) is 0 Å². The maximum Gasteiger partial charge on any atom is 0.279 e. The zero-order valence-corrected chi connectivity index (χ0v) is 11.3. The van der Waals surface area contributed by atoms with Crippen molar-refractivity contribution in [1.82, 2.24) is 30.3 Å². The van der Waals surface area contributed by atoms with Gasteiger partial charge in [-0.25, -0.2) is 14.6 Å². The van der Waals surface area contributed by atoms with Crippen LogP contribution in [-0.4, -0.2) is 44.0 Å². The molecular weight excluding hydrogens is 314 g/mol. The molecule has 0 spiro atoms. The second kappa shape index (κ2) is 5.02. The minimum absolute atomic E-state index is 0.261. The summed E-state index contributed by atoms with van der Waals surface area (Å²) in [6.07, 6.45) is 4.60. The Balaban J connectivity index is 1.69. The van der Waals surface area contributed by atoms with Gasteiger partial charge < -0.3 is 10.6 Å². The molecule has 2 aromatic heterocycles. The number of carbonyl (C=O) groups is 1. The summed E-state index contributed by atoms with van der Waals surface area (Å²) in [6, 6.07) is 0.279. The van der Waals surface area contributed by atoms with Crippen LogP contribution in [0.25, 0.3) is 0 Å². The molecule has 9 heteroatoms. The minimum Gasteiger partial charge on any atom is -0.312 e. The van der Waals surface area contributed by atoms with Crippen molar-refractivity contribution in [3.63, 3.8) is 0 Å². The van der Waals surface area contributed by atoms with E-state index in [1.807, 2.05) is 0 Å². The first kappa shape index (κ1) is 12.2. The molecule has 3 rings (SSSR count). The van der Waals surface area contributed by atoms with E-state index in [1.165, 1.54) is 12.4 Å². The third-order valence-corrected chi connectivity index (χ3v) is 3.15. The number of amides is 1. The Bertz CT molecular complexity index is 592. The molecular formula is C10H10BrN7O. The van der Waals surface area contributed by atoms with Gasteiger partial charge in [-0.3, -0.25) is 4.79 Å². The molecule has 1 saturated heterocycles. The lowest BCUT2D eigenvalue weighted by Gasteiger charge is -2.26. The van der Waals surface area contributed by atoms with Crippen LogP contribution < -0.4 is 10.6 Å². The van der Waals surface area contributed by atoms with Crippen molar-refractivity contribution < 1.29 is 4.79 Å². The number of halogens is 1. The second-order valence-corrected chi connectivity index (χ2v) is 4.89. The molecule has 1 aliphatic heterocycles. The molecule has 19 heavy (non-hydrogen) atoms. The average molecular weight is 324 g/mol. The number of anilines is 1. The summed E-state index contributed by atoms with van der Waals surface area (Å²) >= 11 is 3.17. The van der Waals surface area contributed by atoms with Gasteiger partial charge in [-0.05, 0) is 15.9 Å². The fourth-order valence-electron chi connectivity index (χ4n) is 1.58. The monoisotopic (exact) mass is 323 g/mol. The summed E-state index contributed by atoms with van der Waals surface area (Å²) < 4.78 is 2.30. The molecule has 2 N–H and O–H groups in total. The number of aromatic nitrogens is 5. The lowest BCUT2D eigenvalue weighted by molar-refractivity contribution is 0.102. The van der Waals surface area contributed by atoms with Gasteiger partial charge in [0.05, 0.1) is 24.6 Å². The SMILES string of the molecule is O=C(Nc1cnc(Br)cn1)c1cn(C2CNC2)nn1. The number of hydrogen-bond donors (Lipinski definition) is 2. The summed E-state index contributed by atoms with van der Waals surface area (Å²) in [5.74, 6) is 0.0169. The van der Waals surface area contributed by atoms with E-state index < -0.39 is 0 Å². The quantitative estimate of drug-likeness (QED) is 0.839. The van der Waals surface area contributed by atoms with Gasteiger partial charge in [-0.15, -0.1) is 5.10 Å². The molecule has 0 unspecified atom stereocenters. The Morgan fingerprint density at radius 2 is 2.26 bits per heavy atom. The van der Waals surface area contributed by atoms with Crippen LogP contribution in [0.4, 0.5) is 5.82 Å². The number of nitrogens with one attached hydrogen (secondary N) is 2. The van der Waals surface area contributed by atoms with E-state index in [9.17, 15) is 4.79 Å². The molecule has 8 nitrogen and oxygen atoms in total. The molecule has 0 aliphatic carbocycles. The van der Waals surface area contributed by atoms with Gasteiger partial charge in [0.15, 0.2) is 11.5 Å². The van der Waals surface area contributed by atoms with Crippen molar-refractivity contribution in [1.29, 1.82) is 0 Å². The third kappa shape index (κ3) is 2.61. The highest BCUT2D eigenvalue weighted by Crippen LogP contribution is 2.11. The number of nitrogens with zero attached hydrogens (tertiary/aromatic N) is 5. The van der Waals surface area contributed by atoms with E-state index in [0.29, 0.717) is 10.4 Å². The Labute approximate surface area is 116 Å². The predicted molar refractivity (Wildman–Crippen MR) is 69.6 cm³/mol. The molecule has 98 valence electrons. The van der Waals surface area contributed by atoms with Crippen molar-refractivity contribution in [2.75, 3.05) is 18.4 Å². The molecule has 1 amide bonds. The minimum atomic E-state index is -0.352. The van der Waals surface area contributed by atoms with Crippen molar-refractivity contribution >= 4 is 27.7 Å². The van der Waals surface area contributed by atoms with E-state index in [1.54, 1.807) is 10.9 Å². The molecule has 1 aliphatic rings. The Hall–Kier alpha value is -1.87. The third-order valence-electron chi connectivity index (χ3n) is 2.74. The smallest absolute Gasteiger partial charge is 0.279 e. The van der Waals surface area contributed by atoms with E-state index in [-0.39, 0.29) is 17.6 Å². The van der Waals surface area contributed by atoms with Crippen molar-refractivity contribution in [3.8, 4) is 0 Å². The van der Waals surface area contributed by atoms with E-state index >= 15 is 0 Å². The van der Waals surface area contributed by atoms with Crippen LogP contribution in [0.2, 0.25) is 0 Å². The van der Waals surface area contributed by atoms with E-state index in [0.717, 1.165) is 13.1 Å². The molecule has 3 heterocycles. The molecule has 2 aromatic rings. The summed E-state index contributed by atoms with van der Waals surface area (Å²) in [5, 5.41) is 13.5. The first-order chi connectivity index (χ1) is 9.22. The highest BCUT2D eigenvalue weighted by atomic mass is 79.9. The largest absolute Gasteiger partial charge is 0.312 e. The van der Waals surface area contributed by atoms with Crippen LogP contribution in [0.1, 0.15) is 16.5 Å². The van der Waals surface area contributed by atoms with Crippen LogP contribution >= 0.6 is 15.9 Å². The van der Waals surface area contributed by atoms with Crippen LogP contribution in [0.3, 0.4) is 0 Å². The Morgan fingerprint density at radius 1 is 1.42 bits per heavy atom. The molecule has 0 aromatic carbocycles. The Morgan fingerprint density at radius 3 is 2.89 bits per heavy atom. The fraction of sp³-hybridized carbons (Fsp3) is 0.300. The van der Waals surface area contributed by atoms with Gasteiger partial charge in [0, 0.05) is 13.1 Å². The molecule has 1 fully saturated rings. The zero-order chi connectivity index (χ0) is 13.2. The van der Waals surface area contributed by atoms with Crippen molar-refractivity contribution in [3.05, 3.63) is 28.9 Å². The fourth-order valence-corrected chi connectivity index (χ4v) is 1.78. The van der Waals surface area contributed by atoms with E-state index in [4.69, 9.17) is 0 Å². The first-order valence-corrected chi connectivity index (χ1v) is 6.43. The molecule has 0 atom stereocenters. The maximum absolute atomic E-state index is 11.9. The van der Waals surface area contributed by atoms with Crippen LogP contribution in [-0.2, 0) is 0 Å². The Kier molecular flexibility index (Phi) is 3.22. The van der Waals surface area contributed by atoms with Gasteiger partial charge in [0.2, 0.25) is 0 Å². The normalized spacial score (nSPS) is 15.0. The predicted octanol–water partition coefficient (Wildman–Crippen LogP) is 0.227. The standard InChI is InChI=1S/C10H10BrN7O/c11-8-3-14-9(4-13-8)15-10(19)7-5-18(17-16-7)6-1-12-2-6/h3-6,12H,1-2H2,(H,14,15,19). The lowest BCUT2D eigenvalue weighted by atomic mass is 10.2. The van der Waals surface area contributed by atoms with Gasteiger partial charge in [0.1, 0.15) is 4.60 Å². The summed E-state index contributed by atoms with van der Waals surface area (Å²) in [4.78, 5) is 19.9. The van der Waals surface area contributed by atoms with Gasteiger partial charge >= 0.3 is 0 Å².